The Labute approximate surface area is 138 Å². The molecule has 23 heavy (non-hydrogen) atoms. The molecule has 1 heterocycles. The summed E-state index contributed by atoms with van der Waals surface area (Å²) in [5, 5.41) is 2.88. The van der Waals surface area contributed by atoms with Crippen molar-refractivity contribution < 1.29 is 13.2 Å². The molecule has 1 aliphatic heterocycles. The highest BCUT2D eigenvalue weighted by molar-refractivity contribution is 7.88. The van der Waals surface area contributed by atoms with Gasteiger partial charge in [0.1, 0.15) is 0 Å². The minimum atomic E-state index is -3.21. The van der Waals surface area contributed by atoms with Crippen molar-refractivity contribution in [3.05, 3.63) is 29.8 Å². The van der Waals surface area contributed by atoms with Gasteiger partial charge in [0.15, 0.2) is 0 Å². The highest BCUT2D eigenvalue weighted by atomic mass is 32.2. The van der Waals surface area contributed by atoms with Crippen LogP contribution in [0.3, 0.4) is 0 Å². The molecule has 2 rings (SSSR count). The number of benzene rings is 1. The van der Waals surface area contributed by atoms with Crippen LogP contribution in [0.2, 0.25) is 0 Å². The van der Waals surface area contributed by atoms with E-state index in [0.717, 1.165) is 31.5 Å². The second-order valence-corrected chi connectivity index (χ2v) is 7.84. The third-order valence-corrected chi connectivity index (χ3v) is 4.66. The van der Waals surface area contributed by atoms with Crippen LogP contribution >= 0.6 is 0 Å². The van der Waals surface area contributed by atoms with E-state index >= 15 is 0 Å². The lowest BCUT2D eigenvalue weighted by molar-refractivity contribution is -0.117. The highest BCUT2D eigenvalue weighted by Gasteiger charge is 2.23. The maximum absolute atomic E-state index is 12.1. The number of sulfonamides is 1. The van der Waals surface area contributed by atoms with Crippen LogP contribution in [0, 0.1) is 0 Å². The van der Waals surface area contributed by atoms with E-state index in [1.54, 1.807) is 0 Å². The standard InChI is InChI=1S/C16H25N3O3S/c1-3-13-6-8-14(9-7-13)17-16(20)12-19-10-4-5-15(11-19)18-23(2,21)22/h6-9,15,18H,3-5,10-12H2,1-2H3,(H,17,20). The number of carbonyl (C=O) groups excluding carboxylic acids is 1. The van der Waals surface area contributed by atoms with Crippen molar-refractivity contribution in [2.75, 3.05) is 31.2 Å². The molecule has 0 bridgehead atoms. The predicted octanol–water partition coefficient (Wildman–Crippen LogP) is 1.20. The number of nitrogens with one attached hydrogen (secondary N) is 2. The van der Waals surface area contributed by atoms with Crippen LogP contribution in [0.15, 0.2) is 24.3 Å². The molecule has 0 aliphatic carbocycles. The van der Waals surface area contributed by atoms with Gasteiger partial charge in [-0.3, -0.25) is 9.69 Å². The van der Waals surface area contributed by atoms with Gasteiger partial charge in [0.25, 0.3) is 0 Å². The first-order valence-electron chi connectivity index (χ1n) is 7.94. The average molecular weight is 339 g/mol. The molecule has 0 radical (unpaired) electrons. The monoisotopic (exact) mass is 339 g/mol. The summed E-state index contributed by atoms with van der Waals surface area (Å²) in [6.07, 6.45) is 3.82. The summed E-state index contributed by atoms with van der Waals surface area (Å²) in [4.78, 5) is 14.1. The topological polar surface area (TPSA) is 78.5 Å². The van der Waals surface area contributed by atoms with E-state index < -0.39 is 10.0 Å². The Bertz CT molecular complexity index is 628. The Morgan fingerprint density at radius 1 is 1.30 bits per heavy atom. The number of amides is 1. The van der Waals surface area contributed by atoms with Crippen LogP contribution in [0.25, 0.3) is 0 Å². The van der Waals surface area contributed by atoms with Gasteiger partial charge in [0.2, 0.25) is 15.9 Å². The first-order valence-corrected chi connectivity index (χ1v) is 9.83. The van der Waals surface area contributed by atoms with Crippen LogP contribution in [-0.4, -0.2) is 51.2 Å². The highest BCUT2D eigenvalue weighted by Crippen LogP contribution is 2.12. The van der Waals surface area contributed by atoms with E-state index in [4.69, 9.17) is 0 Å². The molecule has 1 aliphatic rings. The molecule has 1 atom stereocenters. The normalized spacial score (nSPS) is 19.5. The lowest BCUT2D eigenvalue weighted by Gasteiger charge is -2.32. The zero-order valence-corrected chi connectivity index (χ0v) is 14.5. The van der Waals surface area contributed by atoms with Gasteiger partial charge in [-0.2, -0.15) is 0 Å². The number of likely N-dealkylation sites (tertiary alicyclic amines) is 1. The van der Waals surface area contributed by atoms with Gasteiger partial charge in [-0.25, -0.2) is 13.1 Å². The van der Waals surface area contributed by atoms with Crippen molar-refractivity contribution in [3.8, 4) is 0 Å². The van der Waals surface area contributed by atoms with E-state index in [1.165, 1.54) is 11.8 Å². The summed E-state index contributed by atoms with van der Waals surface area (Å²) >= 11 is 0. The van der Waals surface area contributed by atoms with Crippen molar-refractivity contribution in [3.63, 3.8) is 0 Å². The van der Waals surface area contributed by atoms with Crippen molar-refractivity contribution in [2.24, 2.45) is 0 Å². The minimum Gasteiger partial charge on any atom is -0.325 e. The van der Waals surface area contributed by atoms with Crippen molar-refractivity contribution in [1.82, 2.24) is 9.62 Å². The van der Waals surface area contributed by atoms with Crippen LogP contribution in [-0.2, 0) is 21.2 Å². The summed E-state index contributed by atoms with van der Waals surface area (Å²) in [6.45, 7) is 3.74. The van der Waals surface area contributed by atoms with Crippen LogP contribution < -0.4 is 10.0 Å². The Balaban J connectivity index is 1.84. The SMILES string of the molecule is CCc1ccc(NC(=O)CN2CCCC(NS(C)(=O)=O)C2)cc1. The molecule has 6 nitrogen and oxygen atoms in total. The zero-order chi connectivity index (χ0) is 16.9. The lowest BCUT2D eigenvalue weighted by atomic mass is 10.1. The van der Waals surface area contributed by atoms with E-state index in [1.807, 2.05) is 29.2 Å². The number of hydrogen-bond donors (Lipinski definition) is 2. The maximum Gasteiger partial charge on any atom is 0.238 e. The second-order valence-electron chi connectivity index (χ2n) is 6.06. The smallest absolute Gasteiger partial charge is 0.238 e. The van der Waals surface area contributed by atoms with Crippen molar-refractivity contribution in [1.29, 1.82) is 0 Å². The summed E-state index contributed by atoms with van der Waals surface area (Å²) in [6, 6.07) is 7.70. The van der Waals surface area contributed by atoms with Crippen molar-refractivity contribution >= 4 is 21.6 Å². The molecule has 1 unspecified atom stereocenters. The largest absolute Gasteiger partial charge is 0.325 e. The molecular formula is C16H25N3O3S. The summed E-state index contributed by atoms with van der Waals surface area (Å²) in [5.74, 6) is -0.0748. The Morgan fingerprint density at radius 2 is 2.00 bits per heavy atom. The number of nitrogens with zero attached hydrogens (tertiary/aromatic N) is 1. The van der Waals surface area contributed by atoms with Gasteiger partial charge in [0.05, 0.1) is 12.8 Å². The van der Waals surface area contributed by atoms with Crippen molar-refractivity contribution in [2.45, 2.75) is 32.2 Å². The molecule has 0 saturated carbocycles. The predicted molar refractivity (Wildman–Crippen MR) is 91.9 cm³/mol. The average Bonchev–Trinajstić information content (AvgIpc) is 2.46. The van der Waals surface area contributed by atoms with Gasteiger partial charge in [-0.1, -0.05) is 19.1 Å². The molecule has 2 N–H and O–H groups in total. The zero-order valence-electron chi connectivity index (χ0n) is 13.7. The molecule has 7 heteroatoms. The van der Waals surface area contributed by atoms with Gasteiger partial charge in [0, 0.05) is 18.3 Å². The van der Waals surface area contributed by atoms with Gasteiger partial charge >= 0.3 is 0 Å². The first-order chi connectivity index (χ1) is 10.9. The minimum absolute atomic E-state index is 0.0748. The fraction of sp³-hybridized carbons (Fsp3) is 0.562. The fourth-order valence-electron chi connectivity index (χ4n) is 2.83. The number of rotatable bonds is 6. The van der Waals surface area contributed by atoms with E-state index in [2.05, 4.69) is 17.0 Å². The van der Waals surface area contributed by atoms with Gasteiger partial charge in [-0.05, 0) is 43.5 Å². The van der Waals surface area contributed by atoms with Crippen LogP contribution in [0.1, 0.15) is 25.3 Å². The first kappa shape index (κ1) is 17.9. The van der Waals surface area contributed by atoms with Gasteiger partial charge < -0.3 is 5.32 Å². The number of carbonyl (C=O) groups is 1. The number of hydrogen-bond acceptors (Lipinski definition) is 4. The molecule has 1 aromatic carbocycles. The van der Waals surface area contributed by atoms with Crippen LogP contribution in [0.5, 0.6) is 0 Å². The quantitative estimate of drug-likeness (QED) is 0.816. The third-order valence-electron chi connectivity index (χ3n) is 3.90. The molecular weight excluding hydrogens is 314 g/mol. The van der Waals surface area contributed by atoms with E-state index in [0.29, 0.717) is 6.54 Å². The summed E-state index contributed by atoms with van der Waals surface area (Å²) in [5.41, 5.74) is 2.02. The van der Waals surface area contributed by atoms with E-state index in [-0.39, 0.29) is 18.5 Å². The van der Waals surface area contributed by atoms with Crippen LogP contribution in [0.4, 0.5) is 5.69 Å². The number of aryl methyl sites for hydroxylation is 1. The molecule has 0 aromatic heterocycles. The lowest BCUT2D eigenvalue weighted by Crippen LogP contribution is -2.49. The Hall–Kier alpha value is -1.44. The molecule has 0 spiro atoms. The maximum atomic E-state index is 12.1. The molecule has 128 valence electrons. The molecule has 1 amide bonds. The number of piperidine rings is 1. The fourth-order valence-corrected chi connectivity index (χ4v) is 3.62. The second kappa shape index (κ2) is 7.90. The van der Waals surface area contributed by atoms with Gasteiger partial charge in [-0.15, -0.1) is 0 Å². The third kappa shape index (κ3) is 6.29. The molecule has 1 saturated heterocycles. The Kier molecular flexibility index (Phi) is 6.15. The number of anilines is 1. The Morgan fingerprint density at radius 3 is 2.61 bits per heavy atom. The summed E-state index contributed by atoms with van der Waals surface area (Å²) in [7, 11) is -3.21. The summed E-state index contributed by atoms with van der Waals surface area (Å²) < 4.78 is 25.2. The van der Waals surface area contributed by atoms with E-state index in [9.17, 15) is 13.2 Å². The molecule has 1 aromatic rings. The molecule has 1 fully saturated rings.